The van der Waals surface area contributed by atoms with Crippen LogP contribution in [-0.2, 0) is 19.6 Å². The second-order valence-corrected chi connectivity index (χ2v) is 12.9. The van der Waals surface area contributed by atoms with Gasteiger partial charge in [-0.1, -0.05) is 25.2 Å². The van der Waals surface area contributed by atoms with Crippen LogP contribution in [0.4, 0.5) is 14.5 Å². The number of anilines is 1. The third kappa shape index (κ3) is 5.14. The number of nitrogens with zero attached hydrogens (tertiary/aromatic N) is 7. The van der Waals surface area contributed by atoms with Crippen molar-refractivity contribution in [3.8, 4) is 5.13 Å². The Morgan fingerprint density at radius 3 is 2.51 bits per heavy atom. The van der Waals surface area contributed by atoms with E-state index in [-0.39, 0.29) is 28.0 Å². The van der Waals surface area contributed by atoms with Crippen LogP contribution in [0.3, 0.4) is 0 Å². The summed E-state index contributed by atoms with van der Waals surface area (Å²) < 4.78 is 63.9. The number of rotatable bonds is 7. The number of halogens is 2. The second-order valence-electron chi connectivity index (χ2n) is 10.3. The van der Waals surface area contributed by atoms with E-state index in [0.29, 0.717) is 60.7 Å². The van der Waals surface area contributed by atoms with Gasteiger partial charge in [-0.3, -0.25) is 4.79 Å². The van der Waals surface area contributed by atoms with Crippen LogP contribution in [0.5, 0.6) is 0 Å². The maximum absolute atomic E-state index is 13.4. The van der Waals surface area contributed by atoms with E-state index >= 15 is 0 Å². The van der Waals surface area contributed by atoms with Gasteiger partial charge in [0.1, 0.15) is 0 Å². The van der Waals surface area contributed by atoms with Crippen LogP contribution in [0, 0.1) is 11.3 Å². The number of aromatic nitrogens is 4. The van der Waals surface area contributed by atoms with Gasteiger partial charge in [0.2, 0.25) is 11.0 Å². The fourth-order valence-corrected chi connectivity index (χ4v) is 6.18. The highest BCUT2D eigenvalue weighted by molar-refractivity contribution is 7.90. The zero-order chi connectivity index (χ0) is 28.1. The molecule has 2 aromatic heterocycles. The van der Waals surface area contributed by atoms with Crippen molar-refractivity contribution in [2.75, 3.05) is 37.7 Å². The Kier molecular flexibility index (Phi) is 7.18. The average Bonchev–Trinajstić information content (AvgIpc) is 3.57. The molecule has 0 unspecified atom stereocenters. The molecular formula is C24H29F2N7O4S2. The molecule has 210 valence electrons. The predicted molar refractivity (Wildman–Crippen MR) is 142 cm³/mol. The molecule has 2 atom stereocenters. The first-order valence-electron chi connectivity index (χ1n) is 12.5. The van der Waals surface area contributed by atoms with E-state index in [0.717, 1.165) is 0 Å². The van der Waals surface area contributed by atoms with E-state index in [1.807, 2.05) is 32.6 Å². The predicted octanol–water partition coefficient (Wildman–Crippen LogP) is 3.30. The molecular weight excluding hydrogens is 552 g/mol. The second kappa shape index (κ2) is 10.2. The lowest BCUT2D eigenvalue weighted by molar-refractivity contribution is -0.134. The quantitative estimate of drug-likeness (QED) is 0.390. The highest BCUT2D eigenvalue weighted by Crippen LogP contribution is 2.36. The largest absolute Gasteiger partial charge is 0.376 e. The molecule has 39 heavy (non-hydrogen) atoms. The molecule has 0 saturated carbocycles. The Hall–Kier alpha value is -3.04. The number of sulfonamides is 1. The molecule has 0 aliphatic carbocycles. The summed E-state index contributed by atoms with van der Waals surface area (Å²) in [4.78, 5) is 16.2. The van der Waals surface area contributed by atoms with Crippen LogP contribution in [0.15, 0.2) is 27.6 Å². The highest BCUT2D eigenvalue weighted by Gasteiger charge is 2.40. The molecule has 2 fully saturated rings. The van der Waals surface area contributed by atoms with E-state index in [9.17, 15) is 22.0 Å². The zero-order valence-corrected chi connectivity index (χ0v) is 23.5. The van der Waals surface area contributed by atoms with Crippen molar-refractivity contribution in [1.82, 2.24) is 24.9 Å². The summed E-state index contributed by atoms with van der Waals surface area (Å²) in [6, 6.07) is 2.97. The molecule has 0 spiro atoms. The van der Waals surface area contributed by atoms with Crippen molar-refractivity contribution in [2.24, 2.45) is 15.7 Å². The van der Waals surface area contributed by atoms with Crippen LogP contribution in [-0.4, -0.2) is 84.3 Å². The maximum atomic E-state index is 13.4. The van der Waals surface area contributed by atoms with Crippen molar-refractivity contribution in [3.63, 3.8) is 0 Å². The molecule has 1 amide bonds. The number of amides is 1. The summed E-state index contributed by atoms with van der Waals surface area (Å²) in [5.41, 5.74) is 0.457. The maximum Gasteiger partial charge on any atom is 0.291 e. The first-order chi connectivity index (χ1) is 18.4. The number of benzene rings is 1. The molecule has 0 N–H and O–H groups in total. The Bertz CT molecular complexity index is 1530. The van der Waals surface area contributed by atoms with Gasteiger partial charge in [0, 0.05) is 49.4 Å². The first-order valence-corrected chi connectivity index (χ1v) is 14.8. The molecule has 2 saturated heterocycles. The minimum Gasteiger partial charge on any atom is -0.376 e. The topological polar surface area (TPSA) is 123 Å². The van der Waals surface area contributed by atoms with E-state index in [2.05, 4.69) is 19.7 Å². The van der Waals surface area contributed by atoms with Crippen molar-refractivity contribution < 1.29 is 26.7 Å². The summed E-state index contributed by atoms with van der Waals surface area (Å²) in [5, 5.41) is 12.0. The number of hydrogen-bond acceptors (Lipinski definition) is 9. The van der Waals surface area contributed by atoms with Gasteiger partial charge in [0.05, 0.1) is 34.7 Å². The van der Waals surface area contributed by atoms with Crippen molar-refractivity contribution in [1.29, 1.82) is 0 Å². The van der Waals surface area contributed by atoms with Crippen LogP contribution in [0.25, 0.3) is 16.0 Å². The molecule has 2 aliphatic rings. The number of ether oxygens (including phenoxy) is 1. The van der Waals surface area contributed by atoms with Gasteiger partial charge in [0.25, 0.3) is 16.4 Å². The van der Waals surface area contributed by atoms with Gasteiger partial charge in [-0.05, 0) is 26.0 Å². The minimum absolute atomic E-state index is 0.0621. The fraction of sp³-hybridized carbons (Fsp3) is 0.542. The van der Waals surface area contributed by atoms with E-state index in [4.69, 9.17) is 4.74 Å². The van der Waals surface area contributed by atoms with Crippen molar-refractivity contribution in [3.05, 3.63) is 23.3 Å². The molecule has 0 radical (unpaired) electrons. The molecule has 1 aromatic carbocycles. The lowest BCUT2D eigenvalue weighted by Crippen LogP contribution is -2.50. The van der Waals surface area contributed by atoms with Gasteiger partial charge >= 0.3 is 0 Å². The molecule has 4 heterocycles. The molecule has 15 heteroatoms. The van der Waals surface area contributed by atoms with Crippen molar-refractivity contribution >= 4 is 50.1 Å². The van der Waals surface area contributed by atoms with Crippen LogP contribution in [0.2, 0.25) is 0 Å². The summed E-state index contributed by atoms with van der Waals surface area (Å²) in [6.07, 6.45) is 0.00627. The Balaban J connectivity index is 1.57. The van der Waals surface area contributed by atoms with Crippen LogP contribution < -0.4 is 4.90 Å². The molecule has 2 aliphatic heterocycles. The normalized spacial score (nSPS) is 22.4. The summed E-state index contributed by atoms with van der Waals surface area (Å²) in [5.74, 6) is -0.0596. The SMILES string of the molecule is CC(C)C(=O)N1CCN(c2cc(S(=O)(=O)/N=C/[C@@]3(C)CO[C@H]3C)cc3c2cnn3-c2nnc(C(F)F)s2)CC1. The summed E-state index contributed by atoms with van der Waals surface area (Å²) in [7, 11) is -4.14. The Morgan fingerprint density at radius 1 is 1.23 bits per heavy atom. The lowest BCUT2D eigenvalue weighted by Gasteiger charge is -2.41. The van der Waals surface area contributed by atoms with Gasteiger partial charge in [-0.25, -0.2) is 13.5 Å². The summed E-state index contributed by atoms with van der Waals surface area (Å²) >= 11 is 0.676. The van der Waals surface area contributed by atoms with Gasteiger partial charge < -0.3 is 14.5 Å². The molecule has 11 nitrogen and oxygen atoms in total. The number of fused-ring (bicyclic) bond motifs is 1. The molecule has 0 bridgehead atoms. The first kappa shape index (κ1) is 27.5. The minimum atomic E-state index is -4.14. The number of piperazine rings is 1. The standard InChI is InChI=1S/C24H29F2N7O4S2/c1-14(2)22(34)32-7-5-31(6-8-32)18-9-16(39(35,36)28-12-24(4)13-37-15(24)3)10-19-17(18)11-27-33(19)23-30-29-21(38-23)20(25)26/h9-12,14-15,20H,5-8,13H2,1-4H3/b28-12+/t15-,24-/m0/s1. The Labute approximate surface area is 228 Å². The third-order valence-electron chi connectivity index (χ3n) is 7.22. The molecule has 3 aromatic rings. The van der Waals surface area contributed by atoms with Gasteiger partial charge in [0.15, 0.2) is 5.01 Å². The Morgan fingerprint density at radius 2 is 1.95 bits per heavy atom. The van der Waals surface area contributed by atoms with Crippen LogP contribution in [0.1, 0.15) is 39.1 Å². The fourth-order valence-electron chi connectivity index (χ4n) is 4.48. The van der Waals surface area contributed by atoms with E-state index in [1.54, 1.807) is 17.2 Å². The lowest BCUT2D eigenvalue weighted by atomic mass is 9.83. The van der Waals surface area contributed by atoms with E-state index in [1.165, 1.54) is 17.0 Å². The van der Waals surface area contributed by atoms with Gasteiger partial charge in [-0.2, -0.15) is 17.9 Å². The number of carbonyl (C=O) groups excluding carboxylic acids is 1. The molecule has 5 rings (SSSR count). The average molecular weight is 582 g/mol. The van der Waals surface area contributed by atoms with Gasteiger partial charge in [-0.15, -0.1) is 10.2 Å². The van der Waals surface area contributed by atoms with Crippen molar-refractivity contribution in [2.45, 2.75) is 45.1 Å². The van der Waals surface area contributed by atoms with Crippen LogP contribution >= 0.6 is 11.3 Å². The zero-order valence-electron chi connectivity index (χ0n) is 21.9. The number of alkyl halides is 2. The highest BCUT2D eigenvalue weighted by atomic mass is 32.2. The number of carbonyl (C=O) groups is 1. The third-order valence-corrected chi connectivity index (χ3v) is 9.34. The number of hydrogen-bond donors (Lipinski definition) is 0. The monoisotopic (exact) mass is 581 g/mol. The smallest absolute Gasteiger partial charge is 0.291 e. The van der Waals surface area contributed by atoms with E-state index < -0.39 is 26.9 Å². The summed E-state index contributed by atoms with van der Waals surface area (Å²) in [6.45, 7) is 9.71.